The minimum atomic E-state index is -0.469. The van der Waals surface area contributed by atoms with E-state index in [9.17, 15) is 4.79 Å². The van der Waals surface area contributed by atoms with Gasteiger partial charge >= 0.3 is 6.09 Å². The fourth-order valence-electron chi connectivity index (χ4n) is 3.08. The van der Waals surface area contributed by atoms with E-state index in [0.717, 1.165) is 45.1 Å². The molecule has 0 spiro atoms. The maximum absolute atomic E-state index is 12.1. The van der Waals surface area contributed by atoms with E-state index < -0.39 is 5.60 Å². The highest BCUT2D eigenvalue weighted by Gasteiger charge is 2.31. The van der Waals surface area contributed by atoms with Crippen molar-refractivity contribution < 1.29 is 14.3 Å². The zero-order valence-electron chi connectivity index (χ0n) is 15.8. The van der Waals surface area contributed by atoms with Crippen LogP contribution in [0.25, 0.3) is 0 Å². The molecule has 23 heavy (non-hydrogen) atoms. The molecule has 1 saturated carbocycles. The van der Waals surface area contributed by atoms with Crippen molar-refractivity contribution >= 4 is 6.09 Å². The maximum atomic E-state index is 12.1. The average molecular weight is 328 g/mol. The molecule has 0 aromatic carbocycles. The molecule has 0 radical (unpaired) electrons. The average Bonchev–Trinajstić information content (AvgIpc) is 2.50. The van der Waals surface area contributed by atoms with Crippen molar-refractivity contribution in [2.45, 2.75) is 96.4 Å². The number of methoxy groups -OCH3 is 1. The first kappa shape index (κ1) is 20.2. The molecular weight excluding hydrogens is 292 g/mol. The van der Waals surface area contributed by atoms with Crippen LogP contribution in [0.5, 0.6) is 0 Å². The second-order valence-corrected chi connectivity index (χ2v) is 7.70. The highest BCUT2D eigenvalue weighted by molar-refractivity contribution is 5.68. The number of carbonyl (C=O) groups excluding carboxylic acids is 1. The van der Waals surface area contributed by atoms with Gasteiger partial charge in [0.2, 0.25) is 0 Å². The van der Waals surface area contributed by atoms with Crippen LogP contribution in [0.1, 0.15) is 73.1 Å². The molecule has 1 aliphatic carbocycles. The third-order valence-corrected chi connectivity index (χ3v) is 4.86. The number of rotatable bonds is 7. The van der Waals surface area contributed by atoms with Gasteiger partial charge in [-0.3, -0.25) is 0 Å². The Morgan fingerprint density at radius 3 is 2.09 bits per heavy atom. The number of hydrogen-bond acceptors (Lipinski definition) is 4. The van der Waals surface area contributed by atoms with Gasteiger partial charge in [0.15, 0.2) is 0 Å². The second kappa shape index (κ2) is 8.88. The summed E-state index contributed by atoms with van der Waals surface area (Å²) in [5.74, 6) is 0. The minimum Gasteiger partial charge on any atom is -0.444 e. The van der Waals surface area contributed by atoms with Crippen LogP contribution >= 0.6 is 0 Å². The molecule has 5 nitrogen and oxygen atoms in total. The number of hydrogen-bond donors (Lipinski definition) is 2. The van der Waals surface area contributed by atoms with Gasteiger partial charge < -0.3 is 20.1 Å². The van der Waals surface area contributed by atoms with Crippen molar-refractivity contribution in [2.24, 2.45) is 0 Å². The first-order valence-electron chi connectivity index (χ1n) is 9.01. The fourth-order valence-corrected chi connectivity index (χ4v) is 3.08. The molecule has 0 aliphatic heterocycles. The molecule has 5 heteroatoms. The normalized spacial score (nSPS) is 22.7. The van der Waals surface area contributed by atoms with Crippen LogP contribution in [0.15, 0.2) is 0 Å². The van der Waals surface area contributed by atoms with E-state index in [1.807, 2.05) is 20.8 Å². The molecule has 0 unspecified atom stereocenters. The summed E-state index contributed by atoms with van der Waals surface area (Å²) in [6, 6.07) is 0.513. The van der Waals surface area contributed by atoms with Gasteiger partial charge in [0.05, 0.1) is 11.6 Å². The van der Waals surface area contributed by atoms with E-state index in [2.05, 4.69) is 24.5 Å². The van der Waals surface area contributed by atoms with E-state index in [-0.39, 0.29) is 11.6 Å². The quantitative estimate of drug-likeness (QED) is 0.749. The lowest BCUT2D eigenvalue weighted by molar-refractivity contribution is 0.0433. The van der Waals surface area contributed by atoms with E-state index in [1.165, 1.54) is 0 Å². The Labute approximate surface area is 141 Å². The summed E-state index contributed by atoms with van der Waals surface area (Å²) >= 11 is 0. The highest BCUT2D eigenvalue weighted by Crippen LogP contribution is 2.22. The number of alkyl carbamates (subject to hydrolysis) is 1. The van der Waals surface area contributed by atoms with Crippen LogP contribution in [0.2, 0.25) is 0 Å². The number of carbonyl (C=O) groups is 1. The van der Waals surface area contributed by atoms with Crippen LogP contribution in [-0.2, 0) is 9.47 Å². The molecule has 1 aliphatic rings. The largest absolute Gasteiger partial charge is 0.444 e. The maximum Gasteiger partial charge on any atom is 0.408 e. The molecule has 136 valence electrons. The Hall–Kier alpha value is -0.810. The molecule has 1 amide bonds. The smallest absolute Gasteiger partial charge is 0.408 e. The summed E-state index contributed by atoms with van der Waals surface area (Å²) in [6.45, 7) is 10.7. The standard InChI is InChI=1S/C18H36N2O3/c1-7-18(8-2,20-16(21)23-17(3,4)5)13-19-14-9-11-15(22-6)12-10-14/h14-15,19H,7-13H2,1-6H3,(H,20,21). The summed E-state index contributed by atoms with van der Waals surface area (Å²) in [5, 5.41) is 6.75. The summed E-state index contributed by atoms with van der Waals surface area (Å²) in [6.07, 6.45) is 6.33. The first-order chi connectivity index (χ1) is 10.7. The predicted octanol–water partition coefficient (Wildman–Crippen LogP) is 3.62. The van der Waals surface area contributed by atoms with Crippen molar-refractivity contribution in [1.82, 2.24) is 10.6 Å². The summed E-state index contributed by atoms with van der Waals surface area (Å²) in [7, 11) is 1.79. The SMILES string of the molecule is CCC(CC)(CNC1CCC(OC)CC1)NC(=O)OC(C)(C)C. The number of amides is 1. The third-order valence-electron chi connectivity index (χ3n) is 4.86. The summed E-state index contributed by atoms with van der Waals surface area (Å²) < 4.78 is 10.8. The monoisotopic (exact) mass is 328 g/mol. The van der Waals surface area contributed by atoms with Gasteiger partial charge in [0.25, 0.3) is 0 Å². The van der Waals surface area contributed by atoms with Gasteiger partial charge in [0.1, 0.15) is 5.60 Å². The van der Waals surface area contributed by atoms with Gasteiger partial charge in [-0.25, -0.2) is 4.79 Å². The summed E-state index contributed by atoms with van der Waals surface area (Å²) in [5.41, 5.74) is -0.719. The first-order valence-corrected chi connectivity index (χ1v) is 9.01. The molecule has 0 saturated heterocycles. The predicted molar refractivity (Wildman–Crippen MR) is 93.7 cm³/mol. The van der Waals surface area contributed by atoms with Gasteiger partial charge in [-0.15, -0.1) is 0 Å². The Morgan fingerprint density at radius 1 is 1.09 bits per heavy atom. The highest BCUT2D eigenvalue weighted by atomic mass is 16.6. The molecule has 0 heterocycles. The van der Waals surface area contributed by atoms with Crippen molar-refractivity contribution in [1.29, 1.82) is 0 Å². The Kier molecular flexibility index (Phi) is 7.81. The van der Waals surface area contributed by atoms with Gasteiger partial charge in [-0.1, -0.05) is 13.8 Å². The fraction of sp³-hybridized carbons (Fsp3) is 0.944. The number of nitrogens with one attached hydrogen (secondary N) is 2. The molecule has 0 aromatic rings. The summed E-state index contributed by atoms with van der Waals surface area (Å²) in [4.78, 5) is 12.1. The molecular formula is C18H36N2O3. The Balaban J connectivity index is 2.51. The second-order valence-electron chi connectivity index (χ2n) is 7.70. The lowest BCUT2D eigenvalue weighted by Gasteiger charge is -2.37. The van der Waals surface area contributed by atoms with Crippen LogP contribution in [0, 0.1) is 0 Å². The van der Waals surface area contributed by atoms with Gasteiger partial charge in [0, 0.05) is 19.7 Å². The molecule has 0 atom stereocenters. The lowest BCUT2D eigenvalue weighted by atomic mass is 9.89. The van der Waals surface area contributed by atoms with E-state index in [4.69, 9.17) is 9.47 Å². The molecule has 1 fully saturated rings. The topological polar surface area (TPSA) is 59.6 Å². The number of ether oxygens (including phenoxy) is 2. The van der Waals surface area contributed by atoms with Crippen LogP contribution in [0.4, 0.5) is 4.79 Å². The van der Waals surface area contributed by atoms with Crippen LogP contribution in [-0.4, -0.2) is 43.0 Å². The zero-order chi connectivity index (χ0) is 17.5. The third kappa shape index (κ3) is 7.08. The van der Waals surface area contributed by atoms with Crippen LogP contribution in [0.3, 0.4) is 0 Å². The molecule has 2 N–H and O–H groups in total. The molecule has 1 rings (SSSR count). The van der Waals surface area contributed by atoms with Gasteiger partial charge in [-0.05, 0) is 59.3 Å². The molecule has 0 bridgehead atoms. The molecule has 0 aromatic heterocycles. The van der Waals surface area contributed by atoms with E-state index in [1.54, 1.807) is 7.11 Å². The zero-order valence-corrected chi connectivity index (χ0v) is 15.8. The van der Waals surface area contributed by atoms with E-state index in [0.29, 0.717) is 12.1 Å². The van der Waals surface area contributed by atoms with E-state index >= 15 is 0 Å². The minimum absolute atomic E-state index is 0.250. The van der Waals surface area contributed by atoms with Crippen molar-refractivity contribution in [3.8, 4) is 0 Å². The van der Waals surface area contributed by atoms with Gasteiger partial charge in [-0.2, -0.15) is 0 Å². The van der Waals surface area contributed by atoms with Crippen molar-refractivity contribution in [3.63, 3.8) is 0 Å². The van der Waals surface area contributed by atoms with Crippen LogP contribution < -0.4 is 10.6 Å². The Morgan fingerprint density at radius 2 is 1.65 bits per heavy atom. The van der Waals surface area contributed by atoms with Crippen molar-refractivity contribution in [3.05, 3.63) is 0 Å². The lowest BCUT2D eigenvalue weighted by Crippen LogP contribution is -2.56. The van der Waals surface area contributed by atoms with Crippen molar-refractivity contribution in [2.75, 3.05) is 13.7 Å². The Bertz CT molecular complexity index is 354.